The Balaban J connectivity index is 1.46. The van der Waals surface area contributed by atoms with Gasteiger partial charge in [0.1, 0.15) is 11.5 Å². The maximum Gasteiger partial charge on any atom is 0.224 e. The number of hydrogen-bond donors (Lipinski definition) is 3. The van der Waals surface area contributed by atoms with E-state index in [0.29, 0.717) is 51.3 Å². The van der Waals surface area contributed by atoms with Crippen molar-refractivity contribution in [2.45, 2.75) is 13.3 Å². The van der Waals surface area contributed by atoms with E-state index in [9.17, 15) is 4.79 Å². The molecular weight excluding hydrogens is 459 g/mol. The highest BCUT2D eigenvalue weighted by atomic mass is 19.1. The lowest BCUT2D eigenvalue weighted by Gasteiger charge is -2.08. The van der Waals surface area contributed by atoms with Crippen molar-refractivity contribution in [3.05, 3.63) is 73.2 Å². The molecule has 176 valence electrons. The Morgan fingerprint density at radius 1 is 1.00 bits per heavy atom. The van der Waals surface area contributed by atoms with Crippen molar-refractivity contribution in [3.63, 3.8) is 0 Å². The number of carbonyl (C=O) groups excluding carboxylic acids is 1. The first-order chi connectivity index (χ1) is 17.6. The van der Waals surface area contributed by atoms with E-state index in [1.165, 1.54) is 12.3 Å². The van der Waals surface area contributed by atoms with Crippen LogP contribution in [0.2, 0.25) is 0 Å². The molecule has 0 aliphatic rings. The third-order valence-electron chi connectivity index (χ3n) is 5.91. The quantitative estimate of drug-likeness (QED) is 0.316. The van der Waals surface area contributed by atoms with Crippen LogP contribution >= 0.6 is 0 Å². The first-order valence-corrected chi connectivity index (χ1v) is 11.3. The maximum absolute atomic E-state index is 15.1. The molecule has 0 saturated carbocycles. The number of nitrogens with zero attached hydrogens (tertiary/aromatic N) is 5. The van der Waals surface area contributed by atoms with E-state index in [-0.39, 0.29) is 5.91 Å². The number of hydrogen-bond acceptors (Lipinski definition) is 6. The Morgan fingerprint density at radius 2 is 1.86 bits per heavy atom. The molecule has 6 rings (SSSR count). The van der Waals surface area contributed by atoms with Crippen LogP contribution in [0, 0.1) is 5.82 Å². The third kappa shape index (κ3) is 3.74. The largest absolute Gasteiger partial charge is 0.335 e. The van der Waals surface area contributed by atoms with Gasteiger partial charge in [-0.2, -0.15) is 5.10 Å². The smallest absolute Gasteiger partial charge is 0.224 e. The van der Waals surface area contributed by atoms with Gasteiger partial charge in [-0.05, 0) is 35.9 Å². The highest BCUT2D eigenvalue weighted by molar-refractivity contribution is 5.98. The predicted molar refractivity (Wildman–Crippen MR) is 134 cm³/mol. The van der Waals surface area contributed by atoms with Crippen molar-refractivity contribution in [1.82, 2.24) is 35.1 Å². The second-order valence-corrected chi connectivity index (χ2v) is 8.19. The number of aromatic amines is 2. The fraction of sp³-hybridized carbons (Fsp3) is 0.0769. The number of pyridine rings is 3. The number of imidazole rings is 1. The molecule has 5 aromatic heterocycles. The number of amides is 1. The molecule has 0 unspecified atom stereocenters. The first-order valence-electron chi connectivity index (χ1n) is 11.3. The fourth-order valence-electron chi connectivity index (χ4n) is 4.14. The molecule has 10 heteroatoms. The maximum atomic E-state index is 15.1. The summed E-state index contributed by atoms with van der Waals surface area (Å²) in [7, 11) is 0. The van der Waals surface area contributed by atoms with Gasteiger partial charge in [-0.3, -0.25) is 19.9 Å². The summed E-state index contributed by atoms with van der Waals surface area (Å²) in [6, 6.07) is 10.5. The van der Waals surface area contributed by atoms with Crippen LogP contribution in [0.3, 0.4) is 0 Å². The number of aromatic nitrogens is 7. The van der Waals surface area contributed by atoms with E-state index >= 15 is 4.39 Å². The van der Waals surface area contributed by atoms with E-state index in [1.807, 2.05) is 18.2 Å². The number of anilines is 1. The molecule has 0 spiro atoms. The number of benzene rings is 1. The second kappa shape index (κ2) is 8.66. The summed E-state index contributed by atoms with van der Waals surface area (Å²) in [6.45, 7) is 1.76. The number of carbonyl (C=O) groups is 1. The third-order valence-corrected chi connectivity index (χ3v) is 5.91. The van der Waals surface area contributed by atoms with Gasteiger partial charge in [0.25, 0.3) is 0 Å². The van der Waals surface area contributed by atoms with Crippen LogP contribution in [0.25, 0.3) is 55.8 Å². The molecule has 3 N–H and O–H groups in total. The minimum atomic E-state index is -0.440. The summed E-state index contributed by atoms with van der Waals surface area (Å²) in [5.74, 6) is -0.0822. The standard InChI is InChI=1S/C26H19FN8O/c1-2-22(36)31-16-9-15(12-29-13-16)18-10-19-21(11-20(18)27)34-35-24(19)26-32-23-17(5-8-30-25(23)33-26)14-3-6-28-7-4-14/h3-13H,2H2,1H3,(H,31,36)(H,34,35)(H,30,32,33). The lowest BCUT2D eigenvalue weighted by Crippen LogP contribution is -2.09. The van der Waals surface area contributed by atoms with Gasteiger partial charge in [-0.1, -0.05) is 6.92 Å². The number of rotatable bonds is 5. The highest BCUT2D eigenvalue weighted by Crippen LogP contribution is 2.34. The molecule has 0 fully saturated rings. The van der Waals surface area contributed by atoms with Crippen LogP contribution in [0.1, 0.15) is 13.3 Å². The lowest BCUT2D eigenvalue weighted by atomic mass is 10.0. The summed E-state index contributed by atoms with van der Waals surface area (Å²) < 4.78 is 15.1. The minimum Gasteiger partial charge on any atom is -0.335 e. The monoisotopic (exact) mass is 478 g/mol. The van der Waals surface area contributed by atoms with Gasteiger partial charge in [0.2, 0.25) is 5.91 Å². The van der Waals surface area contributed by atoms with Gasteiger partial charge in [-0.25, -0.2) is 14.4 Å². The molecule has 0 bridgehead atoms. The zero-order chi connectivity index (χ0) is 24.6. The SMILES string of the molecule is CCC(=O)Nc1cncc(-c2cc3c(-c4nc5nccc(-c6ccncc6)c5[nH]4)n[nH]c3cc2F)c1. The van der Waals surface area contributed by atoms with Gasteiger partial charge < -0.3 is 10.3 Å². The summed E-state index contributed by atoms with van der Waals surface area (Å²) in [6.07, 6.45) is 8.58. The Labute approximate surface area is 203 Å². The molecule has 6 aromatic rings. The number of H-pyrrole nitrogens is 2. The van der Waals surface area contributed by atoms with Gasteiger partial charge in [0.05, 0.1) is 22.9 Å². The van der Waals surface area contributed by atoms with Gasteiger partial charge in [0.15, 0.2) is 11.5 Å². The van der Waals surface area contributed by atoms with E-state index < -0.39 is 5.82 Å². The summed E-state index contributed by atoms with van der Waals surface area (Å²) in [4.78, 5) is 32.4. The minimum absolute atomic E-state index is 0.147. The molecule has 9 nitrogen and oxygen atoms in total. The Bertz CT molecular complexity index is 1740. The van der Waals surface area contributed by atoms with Crippen molar-refractivity contribution in [3.8, 4) is 33.8 Å². The van der Waals surface area contributed by atoms with Crippen molar-refractivity contribution in [1.29, 1.82) is 0 Å². The van der Waals surface area contributed by atoms with Gasteiger partial charge in [-0.15, -0.1) is 0 Å². The van der Waals surface area contributed by atoms with E-state index in [4.69, 9.17) is 0 Å². The Morgan fingerprint density at radius 3 is 2.69 bits per heavy atom. The molecular formula is C26H19FN8O. The molecule has 1 aromatic carbocycles. The van der Waals surface area contributed by atoms with Gasteiger partial charge >= 0.3 is 0 Å². The zero-order valence-electron chi connectivity index (χ0n) is 19.1. The highest BCUT2D eigenvalue weighted by Gasteiger charge is 2.18. The van der Waals surface area contributed by atoms with Crippen LogP contribution in [0.4, 0.5) is 10.1 Å². The Kier molecular flexibility index (Phi) is 5.18. The van der Waals surface area contributed by atoms with Crippen molar-refractivity contribution in [2.75, 3.05) is 5.32 Å². The van der Waals surface area contributed by atoms with E-state index in [0.717, 1.165) is 16.6 Å². The van der Waals surface area contributed by atoms with Crippen molar-refractivity contribution < 1.29 is 9.18 Å². The predicted octanol–water partition coefficient (Wildman–Crippen LogP) is 5.11. The molecule has 5 heterocycles. The molecule has 0 radical (unpaired) electrons. The lowest BCUT2D eigenvalue weighted by molar-refractivity contribution is -0.115. The van der Waals surface area contributed by atoms with Gasteiger partial charge in [0, 0.05) is 59.4 Å². The molecule has 1 amide bonds. The van der Waals surface area contributed by atoms with Crippen LogP contribution in [0.5, 0.6) is 0 Å². The number of halogens is 1. The first kappa shape index (κ1) is 21.5. The summed E-state index contributed by atoms with van der Waals surface area (Å²) >= 11 is 0. The topological polar surface area (TPSA) is 125 Å². The zero-order valence-corrected chi connectivity index (χ0v) is 19.1. The van der Waals surface area contributed by atoms with Crippen molar-refractivity contribution >= 4 is 33.7 Å². The van der Waals surface area contributed by atoms with Crippen LogP contribution < -0.4 is 5.32 Å². The van der Waals surface area contributed by atoms with Crippen molar-refractivity contribution in [2.24, 2.45) is 0 Å². The van der Waals surface area contributed by atoms with E-state index in [1.54, 1.807) is 43.8 Å². The molecule has 0 aliphatic carbocycles. The summed E-state index contributed by atoms with van der Waals surface area (Å²) in [5, 5.41) is 10.7. The van der Waals surface area contributed by atoms with E-state index in [2.05, 4.69) is 40.4 Å². The summed E-state index contributed by atoms with van der Waals surface area (Å²) in [5.41, 5.74) is 5.64. The number of nitrogens with one attached hydrogen (secondary N) is 3. The number of fused-ring (bicyclic) bond motifs is 2. The fourth-order valence-corrected chi connectivity index (χ4v) is 4.14. The van der Waals surface area contributed by atoms with Crippen LogP contribution in [-0.4, -0.2) is 41.0 Å². The second-order valence-electron chi connectivity index (χ2n) is 8.19. The Hall–Kier alpha value is -4.99. The van der Waals surface area contributed by atoms with Crippen LogP contribution in [-0.2, 0) is 4.79 Å². The normalized spacial score (nSPS) is 11.3. The molecule has 0 atom stereocenters. The molecule has 0 aliphatic heterocycles. The molecule has 0 saturated heterocycles. The molecule has 36 heavy (non-hydrogen) atoms. The average molecular weight is 478 g/mol. The average Bonchev–Trinajstić information content (AvgIpc) is 3.52. The van der Waals surface area contributed by atoms with Crippen LogP contribution in [0.15, 0.2) is 67.4 Å².